The fourth-order valence-electron chi connectivity index (χ4n) is 3.12. The van der Waals surface area contributed by atoms with Crippen molar-refractivity contribution in [3.63, 3.8) is 0 Å². The molecule has 0 spiro atoms. The minimum atomic E-state index is -4.27. The summed E-state index contributed by atoms with van der Waals surface area (Å²) >= 11 is 0. The van der Waals surface area contributed by atoms with Crippen LogP contribution in [-0.4, -0.2) is 36.2 Å². The molecule has 0 aliphatic carbocycles. The molecule has 8 heteroatoms. The first kappa shape index (κ1) is 25.2. The molecular formula is C24H27F3O5. The Morgan fingerprint density at radius 3 is 2.16 bits per heavy atom. The van der Waals surface area contributed by atoms with E-state index in [4.69, 9.17) is 14.6 Å². The smallest absolute Gasteiger partial charge is 0.392 e. The number of hydrogen-bond donors (Lipinski definition) is 1. The molecule has 0 bridgehead atoms. The van der Waals surface area contributed by atoms with Crippen molar-refractivity contribution in [2.24, 2.45) is 5.92 Å². The molecule has 0 aliphatic rings. The molecule has 0 saturated heterocycles. The number of ketones is 1. The van der Waals surface area contributed by atoms with Crippen LogP contribution < -0.4 is 9.47 Å². The van der Waals surface area contributed by atoms with Crippen LogP contribution >= 0.6 is 0 Å². The molecule has 0 radical (unpaired) electrons. The van der Waals surface area contributed by atoms with Gasteiger partial charge < -0.3 is 14.6 Å². The second kappa shape index (κ2) is 11.0. The van der Waals surface area contributed by atoms with E-state index < -0.39 is 31.1 Å². The van der Waals surface area contributed by atoms with Crippen LogP contribution in [0, 0.1) is 19.8 Å². The highest BCUT2D eigenvalue weighted by atomic mass is 19.4. The third-order valence-electron chi connectivity index (χ3n) is 4.89. The van der Waals surface area contributed by atoms with Gasteiger partial charge in [0.25, 0.3) is 0 Å². The summed E-state index contributed by atoms with van der Waals surface area (Å²) in [6, 6.07) is 9.90. The van der Waals surface area contributed by atoms with Gasteiger partial charge >= 0.3 is 12.1 Å². The summed E-state index contributed by atoms with van der Waals surface area (Å²) in [5, 5.41) is 8.98. The van der Waals surface area contributed by atoms with Crippen LogP contribution in [0.1, 0.15) is 46.8 Å². The monoisotopic (exact) mass is 452 g/mol. The molecule has 1 unspecified atom stereocenters. The van der Waals surface area contributed by atoms with Gasteiger partial charge in [-0.25, -0.2) is 0 Å². The van der Waals surface area contributed by atoms with Crippen LogP contribution in [0.25, 0.3) is 0 Å². The van der Waals surface area contributed by atoms with Crippen molar-refractivity contribution >= 4 is 11.8 Å². The van der Waals surface area contributed by atoms with Crippen LogP contribution in [0.15, 0.2) is 36.4 Å². The number of aliphatic carboxylic acids is 1. The Morgan fingerprint density at radius 1 is 1.03 bits per heavy atom. The van der Waals surface area contributed by atoms with Crippen LogP contribution in [0.5, 0.6) is 11.5 Å². The molecule has 0 saturated carbocycles. The minimum absolute atomic E-state index is 0.0742. The molecule has 32 heavy (non-hydrogen) atoms. The van der Waals surface area contributed by atoms with Gasteiger partial charge in [-0.15, -0.1) is 0 Å². The highest BCUT2D eigenvalue weighted by molar-refractivity contribution is 5.96. The van der Waals surface area contributed by atoms with Gasteiger partial charge in [0.05, 0.1) is 18.9 Å². The lowest BCUT2D eigenvalue weighted by Crippen LogP contribution is -2.18. The lowest BCUT2D eigenvalue weighted by atomic mass is 9.99. The van der Waals surface area contributed by atoms with E-state index >= 15 is 0 Å². The predicted molar refractivity (Wildman–Crippen MR) is 113 cm³/mol. The Hall–Kier alpha value is -3.03. The van der Waals surface area contributed by atoms with Gasteiger partial charge in [0, 0.05) is 12.0 Å². The number of rotatable bonds is 11. The molecule has 2 aromatic carbocycles. The lowest BCUT2D eigenvalue weighted by molar-refractivity contribution is -0.142. The highest BCUT2D eigenvalue weighted by Crippen LogP contribution is 2.26. The normalized spacial score (nSPS) is 12.3. The Bertz CT molecular complexity index is 913. The number of carbonyl (C=O) groups excluding carboxylic acids is 1. The van der Waals surface area contributed by atoms with E-state index in [2.05, 4.69) is 0 Å². The molecule has 2 aromatic rings. The third kappa shape index (κ3) is 7.90. The molecule has 2 rings (SSSR count). The molecule has 0 aliphatic heterocycles. The maximum absolute atomic E-state index is 12.5. The number of benzene rings is 2. The summed E-state index contributed by atoms with van der Waals surface area (Å²) in [4.78, 5) is 23.4. The number of carbonyl (C=O) groups is 2. The first-order chi connectivity index (χ1) is 15.0. The zero-order valence-corrected chi connectivity index (χ0v) is 18.3. The van der Waals surface area contributed by atoms with Gasteiger partial charge in [-0.2, -0.15) is 13.2 Å². The summed E-state index contributed by atoms with van der Waals surface area (Å²) in [5.41, 5.74) is 3.15. The van der Waals surface area contributed by atoms with Crippen LogP contribution in [-0.2, 0) is 11.2 Å². The van der Waals surface area contributed by atoms with Crippen molar-refractivity contribution in [3.05, 3.63) is 58.7 Å². The first-order valence-corrected chi connectivity index (χ1v) is 10.2. The Kier molecular flexibility index (Phi) is 8.69. The number of carboxylic acid groups (broad SMARTS) is 1. The summed E-state index contributed by atoms with van der Waals surface area (Å²) in [5.74, 6) is -0.694. The molecule has 1 atom stereocenters. The van der Waals surface area contributed by atoms with Gasteiger partial charge in [-0.1, -0.05) is 12.1 Å². The first-order valence-electron chi connectivity index (χ1n) is 10.2. The maximum atomic E-state index is 12.5. The van der Waals surface area contributed by atoms with E-state index in [1.54, 1.807) is 19.1 Å². The summed E-state index contributed by atoms with van der Waals surface area (Å²) < 4.78 is 47.2. The van der Waals surface area contributed by atoms with Crippen molar-refractivity contribution in [3.8, 4) is 11.5 Å². The molecule has 174 valence electrons. The van der Waals surface area contributed by atoms with Crippen molar-refractivity contribution in [1.82, 2.24) is 0 Å². The molecule has 0 heterocycles. The summed E-state index contributed by atoms with van der Waals surface area (Å²) in [7, 11) is 0. The van der Waals surface area contributed by atoms with E-state index in [-0.39, 0.29) is 24.6 Å². The Balaban J connectivity index is 1.91. The van der Waals surface area contributed by atoms with Gasteiger partial charge in [-0.3, -0.25) is 9.59 Å². The second-order valence-corrected chi connectivity index (χ2v) is 7.77. The average Bonchev–Trinajstić information content (AvgIpc) is 2.70. The van der Waals surface area contributed by atoms with Gasteiger partial charge in [-0.05, 0) is 68.1 Å². The zero-order chi connectivity index (χ0) is 23.9. The highest BCUT2D eigenvalue weighted by Gasteiger charge is 2.26. The fourth-order valence-corrected chi connectivity index (χ4v) is 3.12. The van der Waals surface area contributed by atoms with Crippen molar-refractivity contribution in [1.29, 1.82) is 0 Å². The average molecular weight is 452 g/mol. The second-order valence-electron chi connectivity index (χ2n) is 7.77. The number of aryl methyl sites for hydroxylation is 3. The van der Waals surface area contributed by atoms with Gasteiger partial charge in [0.15, 0.2) is 5.78 Å². The summed E-state index contributed by atoms with van der Waals surface area (Å²) in [6.07, 6.45) is -4.53. The quantitative estimate of drug-likeness (QED) is 0.453. The third-order valence-corrected chi connectivity index (χ3v) is 4.89. The molecule has 0 fully saturated rings. The Labute approximate surface area is 185 Å². The number of alkyl halides is 3. The number of hydrogen-bond acceptors (Lipinski definition) is 4. The number of Topliss-reactive ketones (excluding diaryl/α,β-unsaturated/α-hetero) is 1. The van der Waals surface area contributed by atoms with Crippen LogP contribution in [0.3, 0.4) is 0 Å². The number of halogens is 3. The van der Waals surface area contributed by atoms with Gasteiger partial charge in [0.2, 0.25) is 0 Å². The van der Waals surface area contributed by atoms with Crippen LogP contribution in [0.2, 0.25) is 0 Å². The largest absolute Gasteiger partial charge is 0.493 e. The standard InChI is InChI=1S/C24H27F3O5/c1-15-12-18(13-16(2)22(15)32-14-17(3)23(29)30)4-9-21(28)19-5-7-20(8-6-19)31-11-10-24(25,26)27/h5-8,12-13,17H,4,9-11,14H2,1-3H3,(H,29,30). The predicted octanol–water partition coefficient (Wildman–Crippen LogP) is 5.55. The molecule has 0 amide bonds. The molecule has 1 N–H and O–H groups in total. The molecule has 5 nitrogen and oxygen atoms in total. The number of carboxylic acids is 1. The maximum Gasteiger partial charge on any atom is 0.392 e. The Morgan fingerprint density at radius 2 is 1.62 bits per heavy atom. The fraction of sp³-hybridized carbons (Fsp3) is 0.417. The minimum Gasteiger partial charge on any atom is -0.493 e. The summed E-state index contributed by atoms with van der Waals surface area (Å²) in [6.45, 7) is 4.93. The van der Waals surface area contributed by atoms with E-state index in [1.807, 2.05) is 26.0 Å². The SMILES string of the molecule is Cc1cc(CCC(=O)c2ccc(OCCC(F)(F)F)cc2)cc(C)c1OCC(C)C(=O)O. The topological polar surface area (TPSA) is 72.8 Å². The van der Waals surface area contributed by atoms with Crippen molar-refractivity contribution < 1.29 is 37.3 Å². The zero-order valence-electron chi connectivity index (χ0n) is 18.3. The molecular weight excluding hydrogens is 425 g/mol. The van der Waals surface area contributed by atoms with E-state index in [1.165, 1.54) is 12.1 Å². The molecule has 0 aromatic heterocycles. The van der Waals surface area contributed by atoms with Crippen molar-refractivity contribution in [2.45, 2.75) is 46.2 Å². The van der Waals surface area contributed by atoms with E-state index in [0.717, 1.165) is 16.7 Å². The van der Waals surface area contributed by atoms with E-state index in [9.17, 15) is 22.8 Å². The van der Waals surface area contributed by atoms with Crippen molar-refractivity contribution in [2.75, 3.05) is 13.2 Å². The van der Waals surface area contributed by atoms with Gasteiger partial charge in [0.1, 0.15) is 18.1 Å². The number of ether oxygens (including phenoxy) is 2. The lowest BCUT2D eigenvalue weighted by Gasteiger charge is -2.15. The van der Waals surface area contributed by atoms with E-state index in [0.29, 0.717) is 17.7 Å². The van der Waals surface area contributed by atoms with Crippen LogP contribution in [0.4, 0.5) is 13.2 Å².